The van der Waals surface area contributed by atoms with Crippen LogP contribution in [0.5, 0.6) is 0 Å². The molecule has 7 nitrogen and oxygen atoms in total. The van der Waals surface area contributed by atoms with Crippen LogP contribution in [0.15, 0.2) is 30.3 Å². The molecule has 8 heteroatoms. The fourth-order valence-electron chi connectivity index (χ4n) is 3.70. The Hall–Kier alpha value is -2.03. The van der Waals surface area contributed by atoms with Crippen LogP contribution >= 0.6 is 12.2 Å². The van der Waals surface area contributed by atoms with Gasteiger partial charge in [-0.25, -0.2) is 4.68 Å². The van der Waals surface area contributed by atoms with E-state index in [2.05, 4.69) is 16.7 Å². The summed E-state index contributed by atoms with van der Waals surface area (Å²) >= 11 is 5.71. The Bertz CT molecular complexity index is 875. The molecule has 1 saturated carbocycles. The lowest BCUT2D eigenvalue weighted by Gasteiger charge is -2.21. The third-order valence-corrected chi connectivity index (χ3v) is 5.68. The molecule has 1 N–H and O–H groups in total. The second-order valence-corrected chi connectivity index (χ2v) is 7.69. The fourth-order valence-corrected chi connectivity index (χ4v) is 3.95. The minimum Gasteiger partial charge on any atom is -0.468 e. The van der Waals surface area contributed by atoms with Gasteiger partial charge in [-0.15, -0.1) is 0 Å². The van der Waals surface area contributed by atoms with Gasteiger partial charge in [0.1, 0.15) is 11.9 Å². The maximum Gasteiger partial charge on any atom is 0.323 e. The molecule has 2 heterocycles. The van der Waals surface area contributed by atoms with E-state index in [9.17, 15) is 9.90 Å². The zero-order valence-corrected chi connectivity index (χ0v) is 16.1. The number of benzene rings is 1. The van der Waals surface area contributed by atoms with Gasteiger partial charge in [-0.3, -0.25) is 14.3 Å². The van der Waals surface area contributed by atoms with Crippen molar-refractivity contribution in [3.8, 4) is 0 Å². The number of rotatable bonds is 6. The van der Waals surface area contributed by atoms with Gasteiger partial charge in [0, 0.05) is 18.9 Å². The summed E-state index contributed by atoms with van der Waals surface area (Å²) in [6, 6.07) is 9.74. The SMILES string of the molecule is COC(=O)[C@@H]1C[C@@H](O)CN1Cn1nc(C2CC2)n(Cc2ccccc2)c1=S. The van der Waals surface area contributed by atoms with Crippen LogP contribution in [0.1, 0.15) is 36.6 Å². The normalized spacial score (nSPS) is 22.9. The van der Waals surface area contributed by atoms with E-state index in [1.165, 1.54) is 12.7 Å². The van der Waals surface area contributed by atoms with E-state index in [1.807, 2.05) is 23.1 Å². The Kier molecular flexibility index (Phi) is 5.12. The van der Waals surface area contributed by atoms with Gasteiger partial charge >= 0.3 is 5.97 Å². The number of hydrogen-bond donors (Lipinski definition) is 1. The molecule has 1 aromatic heterocycles. The first-order valence-corrected chi connectivity index (χ1v) is 9.69. The summed E-state index contributed by atoms with van der Waals surface area (Å²) in [5, 5.41) is 14.8. The van der Waals surface area contributed by atoms with Crippen LogP contribution in [-0.2, 0) is 22.7 Å². The predicted octanol–water partition coefficient (Wildman–Crippen LogP) is 1.91. The van der Waals surface area contributed by atoms with E-state index in [-0.39, 0.29) is 5.97 Å². The Morgan fingerprint density at radius 2 is 2.07 bits per heavy atom. The molecule has 2 atom stereocenters. The van der Waals surface area contributed by atoms with E-state index >= 15 is 0 Å². The molecule has 1 aliphatic carbocycles. The highest BCUT2D eigenvalue weighted by Crippen LogP contribution is 2.39. The number of β-amino-alcohol motifs (C(OH)–C–C–N with tert-alkyl or cyclic N) is 1. The van der Waals surface area contributed by atoms with Crippen LogP contribution in [0.4, 0.5) is 0 Å². The summed E-state index contributed by atoms with van der Waals surface area (Å²) in [7, 11) is 1.37. The molecule has 1 aromatic carbocycles. The lowest BCUT2D eigenvalue weighted by atomic mass is 10.2. The Balaban J connectivity index is 1.61. The minimum atomic E-state index is -0.544. The molecule has 0 amide bonds. The van der Waals surface area contributed by atoms with Gasteiger partial charge in [0.2, 0.25) is 0 Å². The first-order chi connectivity index (χ1) is 13.1. The van der Waals surface area contributed by atoms with Crippen molar-refractivity contribution < 1.29 is 14.6 Å². The van der Waals surface area contributed by atoms with Crippen molar-refractivity contribution in [1.82, 2.24) is 19.2 Å². The van der Waals surface area contributed by atoms with Gasteiger partial charge in [-0.05, 0) is 30.6 Å². The van der Waals surface area contributed by atoms with Crippen molar-refractivity contribution in [1.29, 1.82) is 0 Å². The summed E-state index contributed by atoms with van der Waals surface area (Å²) < 4.78 is 9.41. The predicted molar refractivity (Wildman–Crippen MR) is 102 cm³/mol. The van der Waals surface area contributed by atoms with Crippen molar-refractivity contribution >= 4 is 18.2 Å². The van der Waals surface area contributed by atoms with Crippen LogP contribution < -0.4 is 0 Å². The number of ether oxygens (including phenoxy) is 1. The van der Waals surface area contributed by atoms with Crippen LogP contribution in [0.2, 0.25) is 0 Å². The number of hydrogen-bond acceptors (Lipinski definition) is 6. The largest absolute Gasteiger partial charge is 0.468 e. The molecule has 0 radical (unpaired) electrons. The number of nitrogens with zero attached hydrogens (tertiary/aromatic N) is 4. The van der Waals surface area contributed by atoms with E-state index in [4.69, 9.17) is 22.1 Å². The number of methoxy groups -OCH3 is 1. The highest BCUT2D eigenvalue weighted by atomic mass is 32.1. The lowest BCUT2D eigenvalue weighted by Crippen LogP contribution is -2.38. The number of esters is 1. The van der Waals surface area contributed by atoms with Gasteiger partial charge in [0.05, 0.1) is 26.4 Å². The van der Waals surface area contributed by atoms with Crippen molar-refractivity contribution in [3.63, 3.8) is 0 Å². The van der Waals surface area contributed by atoms with Crippen LogP contribution in [0, 0.1) is 4.77 Å². The third kappa shape index (κ3) is 3.83. The maximum atomic E-state index is 12.0. The number of carbonyl (C=O) groups is 1. The summed E-state index contributed by atoms with van der Waals surface area (Å²) in [5.74, 6) is 1.14. The molecule has 144 valence electrons. The quantitative estimate of drug-likeness (QED) is 0.602. The van der Waals surface area contributed by atoms with Crippen LogP contribution in [-0.4, -0.2) is 56.1 Å². The Labute approximate surface area is 163 Å². The Morgan fingerprint density at radius 3 is 2.74 bits per heavy atom. The van der Waals surface area contributed by atoms with Gasteiger partial charge in [-0.2, -0.15) is 5.10 Å². The first kappa shape index (κ1) is 18.3. The number of aromatic nitrogens is 3. The fraction of sp³-hybridized carbons (Fsp3) is 0.526. The van der Waals surface area contributed by atoms with Crippen molar-refractivity contribution in [2.75, 3.05) is 13.7 Å². The standard InChI is InChI=1S/C19H24N4O3S/c1-26-18(25)16-9-15(24)11-21(16)12-23-19(27)22(17(20-23)14-7-8-14)10-13-5-3-2-4-6-13/h2-6,14-16,24H,7-12H2,1H3/t15-,16+/m1/s1. The number of aliphatic hydroxyl groups excluding tert-OH is 1. The average molecular weight is 388 g/mol. The Morgan fingerprint density at radius 1 is 1.33 bits per heavy atom. The summed E-state index contributed by atoms with van der Waals surface area (Å²) in [5.41, 5.74) is 1.18. The van der Waals surface area contributed by atoms with E-state index in [0.717, 1.165) is 18.7 Å². The van der Waals surface area contributed by atoms with Gasteiger partial charge in [-0.1, -0.05) is 30.3 Å². The summed E-state index contributed by atoms with van der Waals surface area (Å²) in [6.45, 7) is 1.47. The second-order valence-electron chi connectivity index (χ2n) is 7.33. The monoisotopic (exact) mass is 388 g/mol. The molecule has 2 fully saturated rings. The topological polar surface area (TPSA) is 72.5 Å². The van der Waals surface area contributed by atoms with E-state index in [1.54, 1.807) is 4.68 Å². The highest BCUT2D eigenvalue weighted by Gasteiger charge is 2.38. The average Bonchev–Trinajstić information content (AvgIpc) is 3.39. The van der Waals surface area contributed by atoms with E-state index < -0.39 is 12.1 Å². The smallest absolute Gasteiger partial charge is 0.323 e. The highest BCUT2D eigenvalue weighted by molar-refractivity contribution is 7.71. The molecule has 27 heavy (non-hydrogen) atoms. The molecule has 1 saturated heterocycles. The molecule has 1 aliphatic heterocycles. The van der Waals surface area contributed by atoms with Crippen molar-refractivity contribution in [2.24, 2.45) is 0 Å². The van der Waals surface area contributed by atoms with Gasteiger partial charge < -0.3 is 9.84 Å². The zero-order chi connectivity index (χ0) is 19.0. The van der Waals surface area contributed by atoms with Crippen LogP contribution in [0.3, 0.4) is 0 Å². The summed E-state index contributed by atoms with van der Waals surface area (Å²) in [4.78, 5) is 13.9. The lowest BCUT2D eigenvalue weighted by molar-refractivity contribution is -0.146. The molecular formula is C19H24N4O3S. The summed E-state index contributed by atoms with van der Waals surface area (Å²) in [6.07, 6.45) is 2.10. The van der Waals surface area contributed by atoms with Gasteiger partial charge in [0.25, 0.3) is 0 Å². The van der Waals surface area contributed by atoms with Gasteiger partial charge in [0.15, 0.2) is 4.77 Å². The molecule has 0 bridgehead atoms. The second kappa shape index (κ2) is 7.53. The minimum absolute atomic E-state index is 0.329. The molecule has 4 rings (SSSR count). The third-order valence-electron chi connectivity index (χ3n) is 5.25. The number of aliphatic hydroxyl groups is 1. The molecule has 0 spiro atoms. The van der Waals surface area contributed by atoms with Crippen LogP contribution in [0.25, 0.3) is 0 Å². The van der Waals surface area contributed by atoms with E-state index in [0.29, 0.717) is 36.9 Å². The molecule has 0 unspecified atom stereocenters. The number of carbonyl (C=O) groups excluding carboxylic acids is 1. The van der Waals surface area contributed by atoms with Crippen molar-refractivity contribution in [2.45, 2.75) is 50.5 Å². The van der Waals surface area contributed by atoms with Crippen molar-refractivity contribution in [3.05, 3.63) is 46.5 Å². The molecular weight excluding hydrogens is 364 g/mol. The number of likely N-dealkylation sites (tertiary alicyclic amines) is 1. The maximum absolute atomic E-state index is 12.0. The molecule has 2 aliphatic rings. The molecule has 2 aromatic rings. The first-order valence-electron chi connectivity index (χ1n) is 9.28. The zero-order valence-electron chi connectivity index (χ0n) is 15.3.